The van der Waals surface area contributed by atoms with Crippen molar-refractivity contribution in [3.05, 3.63) is 24.6 Å². The number of carboxylic acid groups (broad SMARTS) is 1. The van der Waals surface area contributed by atoms with Crippen molar-refractivity contribution in [1.29, 1.82) is 0 Å². The topological polar surface area (TPSA) is 102 Å². The molecule has 0 bridgehead atoms. The van der Waals surface area contributed by atoms with Gasteiger partial charge in [0.1, 0.15) is 6.33 Å². The summed E-state index contributed by atoms with van der Waals surface area (Å²) in [5.74, 6) is -0.128. The van der Waals surface area contributed by atoms with Crippen LogP contribution in [0.5, 0.6) is 0 Å². The van der Waals surface area contributed by atoms with E-state index >= 15 is 0 Å². The molecule has 0 aliphatic rings. The minimum atomic E-state index is -0.835. The van der Waals surface area contributed by atoms with Crippen LogP contribution in [-0.4, -0.2) is 31.2 Å². The van der Waals surface area contributed by atoms with Crippen LogP contribution in [0.4, 0.5) is 0 Å². The third-order valence-corrected chi connectivity index (χ3v) is 2.32. The first-order valence-corrected chi connectivity index (χ1v) is 5.44. The van der Waals surface area contributed by atoms with Crippen LogP contribution in [0.3, 0.4) is 0 Å². The van der Waals surface area contributed by atoms with E-state index in [0.717, 1.165) is 0 Å². The molecule has 0 saturated carbocycles. The zero-order valence-electron chi connectivity index (χ0n) is 9.78. The van der Waals surface area contributed by atoms with Crippen molar-refractivity contribution in [2.24, 2.45) is 5.92 Å². The second-order valence-electron chi connectivity index (χ2n) is 4.04. The highest BCUT2D eigenvalue weighted by Gasteiger charge is 2.14. The van der Waals surface area contributed by atoms with Gasteiger partial charge in [-0.1, -0.05) is 6.92 Å². The zero-order valence-corrected chi connectivity index (χ0v) is 9.78. The van der Waals surface area contributed by atoms with Crippen molar-refractivity contribution in [2.45, 2.75) is 19.8 Å². The van der Waals surface area contributed by atoms with E-state index in [1.165, 1.54) is 6.33 Å². The average molecular weight is 248 g/mol. The van der Waals surface area contributed by atoms with Crippen LogP contribution >= 0.6 is 0 Å². The average Bonchev–Trinajstić information content (AvgIpc) is 2.77. The van der Waals surface area contributed by atoms with Crippen molar-refractivity contribution in [3.63, 3.8) is 0 Å². The van der Waals surface area contributed by atoms with Gasteiger partial charge in [0.25, 0.3) is 5.89 Å². The number of aliphatic carboxylic acids is 1. The first-order chi connectivity index (χ1) is 8.65. The molecule has 0 spiro atoms. The molecule has 18 heavy (non-hydrogen) atoms. The second kappa shape index (κ2) is 5.35. The highest BCUT2D eigenvalue weighted by atomic mass is 16.4. The predicted octanol–water partition coefficient (Wildman–Crippen LogP) is 1.18. The first kappa shape index (κ1) is 12.2. The third-order valence-electron chi connectivity index (χ3n) is 2.32. The Morgan fingerprint density at radius 1 is 1.39 bits per heavy atom. The Balaban J connectivity index is 2.05. The Kier molecular flexibility index (Phi) is 3.61. The standard InChI is InChI=1S/C11H12N4O3/c1-7(3-10(16)17)2-9-14-15-11(18-9)8-4-12-6-13-5-8/h4-7H,2-3H2,1H3,(H,16,17). The van der Waals surface area contributed by atoms with E-state index in [-0.39, 0.29) is 12.3 Å². The quantitative estimate of drug-likeness (QED) is 0.847. The molecule has 7 heteroatoms. The SMILES string of the molecule is CC(CC(=O)O)Cc1nnc(-c2cncnc2)o1. The molecule has 0 aromatic carbocycles. The van der Waals surface area contributed by atoms with Crippen LogP contribution in [0, 0.1) is 5.92 Å². The van der Waals surface area contributed by atoms with Crippen LogP contribution in [0.25, 0.3) is 11.5 Å². The van der Waals surface area contributed by atoms with Gasteiger partial charge in [-0.2, -0.15) is 0 Å². The van der Waals surface area contributed by atoms with Crippen LogP contribution in [0.15, 0.2) is 23.1 Å². The third kappa shape index (κ3) is 3.09. The number of nitrogens with zero attached hydrogens (tertiary/aromatic N) is 4. The molecule has 2 aromatic rings. The predicted molar refractivity (Wildman–Crippen MR) is 60.4 cm³/mol. The largest absolute Gasteiger partial charge is 0.481 e. The monoisotopic (exact) mass is 248 g/mol. The highest BCUT2D eigenvalue weighted by molar-refractivity contribution is 5.66. The van der Waals surface area contributed by atoms with E-state index in [1.807, 2.05) is 6.92 Å². The van der Waals surface area contributed by atoms with Gasteiger partial charge in [-0.05, 0) is 5.92 Å². The summed E-state index contributed by atoms with van der Waals surface area (Å²) in [4.78, 5) is 18.3. The van der Waals surface area contributed by atoms with Crippen LogP contribution in [0.2, 0.25) is 0 Å². The zero-order chi connectivity index (χ0) is 13.0. The molecule has 7 nitrogen and oxygen atoms in total. The number of rotatable bonds is 5. The molecule has 0 amide bonds. The molecule has 0 fully saturated rings. The van der Waals surface area contributed by atoms with Gasteiger partial charge in [-0.3, -0.25) is 4.79 Å². The van der Waals surface area contributed by atoms with Gasteiger partial charge < -0.3 is 9.52 Å². The molecule has 0 aliphatic carbocycles. The number of carbonyl (C=O) groups is 1. The number of hydrogen-bond acceptors (Lipinski definition) is 6. The van der Waals surface area contributed by atoms with Crippen molar-refractivity contribution in [2.75, 3.05) is 0 Å². The maximum Gasteiger partial charge on any atom is 0.303 e. The number of aromatic nitrogens is 4. The van der Waals surface area contributed by atoms with Crippen molar-refractivity contribution < 1.29 is 14.3 Å². The van der Waals surface area contributed by atoms with E-state index in [9.17, 15) is 4.79 Å². The molecule has 1 N–H and O–H groups in total. The fourth-order valence-corrected chi connectivity index (χ4v) is 1.53. The van der Waals surface area contributed by atoms with Gasteiger partial charge in [-0.25, -0.2) is 9.97 Å². The number of hydrogen-bond donors (Lipinski definition) is 1. The molecule has 1 unspecified atom stereocenters. The van der Waals surface area contributed by atoms with E-state index in [0.29, 0.717) is 23.8 Å². The maximum atomic E-state index is 10.5. The maximum absolute atomic E-state index is 10.5. The summed E-state index contributed by atoms with van der Waals surface area (Å²) in [7, 11) is 0. The lowest BCUT2D eigenvalue weighted by molar-refractivity contribution is -0.137. The molecule has 0 aliphatic heterocycles. The molecule has 1 atom stereocenters. The summed E-state index contributed by atoms with van der Waals surface area (Å²) < 4.78 is 5.43. The van der Waals surface area contributed by atoms with Gasteiger partial charge in [0.05, 0.1) is 5.56 Å². The smallest absolute Gasteiger partial charge is 0.303 e. The summed E-state index contributed by atoms with van der Waals surface area (Å²) in [5.41, 5.74) is 0.641. The van der Waals surface area contributed by atoms with Crippen molar-refractivity contribution in [3.8, 4) is 11.5 Å². The first-order valence-electron chi connectivity index (χ1n) is 5.44. The molecule has 2 aromatic heterocycles. The molecular formula is C11H12N4O3. The summed E-state index contributed by atoms with van der Waals surface area (Å²) in [6.45, 7) is 1.82. The Hall–Kier alpha value is -2.31. The Bertz CT molecular complexity index is 526. The Morgan fingerprint density at radius 2 is 2.11 bits per heavy atom. The molecular weight excluding hydrogens is 236 g/mol. The van der Waals surface area contributed by atoms with Gasteiger partial charge in [0, 0.05) is 25.2 Å². The summed E-state index contributed by atoms with van der Waals surface area (Å²) >= 11 is 0. The Morgan fingerprint density at radius 3 is 2.78 bits per heavy atom. The number of carboxylic acids is 1. The molecule has 0 radical (unpaired) electrons. The summed E-state index contributed by atoms with van der Waals surface area (Å²) in [6.07, 6.45) is 5.07. The van der Waals surface area contributed by atoms with Crippen LogP contribution < -0.4 is 0 Å². The fraction of sp³-hybridized carbons (Fsp3) is 0.364. The van der Waals surface area contributed by atoms with Crippen molar-refractivity contribution >= 4 is 5.97 Å². The molecule has 0 saturated heterocycles. The van der Waals surface area contributed by atoms with E-state index in [2.05, 4.69) is 20.2 Å². The van der Waals surface area contributed by atoms with Gasteiger partial charge in [0.15, 0.2) is 0 Å². The van der Waals surface area contributed by atoms with E-state index in [1.54, 1.807) is 12.4 Å². The molecule has 2 heterocycles. The van der Waals surface area contributed by atoms with Gasteiger partial charge in [-0.15, -0.1) is 10.2 Å². The second-order valence-corrected chi connectivity index (χ2v) is 4.04. The minimum Gasteiger partial charge on any atom is -0.481 e. The molecule has 2 rings (SSSR count). The fourth-order valence-electron chi connectivity index (χ4n) is 1.53. The molecule has 94 valence electrons. The lowest BCUT2D eigenvalue weighted by Crippen LogP contribution is -2.07. The lowest BCUT2D eigenvalue weighted by atomic mass is 10.0. The summed E-state index contributed by atoms with van der Waals surface area (Å²) in [6, 6.07) is 0. The lowest BCUT2D eigenvalue weighted by Gasteiger charge is -2.03. The summed E-state index contributed by atoms with van der Waals surface area (Å²) in [5, 5.41) is 16.4. The van der Waals surface area contributed by atoms with Crippen LogP contribution in [-0.2, 0) is 11.2 Å². The minimum absolute atomic E-state index is 0.0529. The Labute approximate surface area is 103 Å². The van der Waals surface area contributed by atoms with Gasteiger partial charge in [0.2, 0.25) is 5.89 Å². The van der Waals surface area contributed by atoms with Crippen LogP contribution in [0.1, 0.15) is 19.2 Å². The highest BCUT2D eigenvalue weighted by Crippen LogP contribution is 2.17. The van der Waals surface area contributed by atoms with E-state index < -0.39 is 5.97 Å². The van der Waals surface area contributed by atoms with E-state index in [4.69, 9.17) is 9.52 Å². The normalized spacial score (nSPS) is 12.3. The van der Waals surface area contributed by atoms with Gasteiger partial charge >= 0.3 is 5.97 Å². The van der Waals surface area contributed by atoms with Crippen molar-refractivity contribution in [1.82, 2.24) is 20.2 Å².